The van der Waals surface area contributed by atoms with E-state index in [2.05, 4.69) is 20.0 Å². The average molecular weight is 460 g/mol. The van der Waals surface area contributed by atoms with Crippen molar-refractivity contribution in [1.29, 1.82) is 0 Å². The van der Waals surface area contributed by atoms with Crippen molar-refractivity contribution >= 4 is 23.9 Å². The predicted octanol–water partition coefficient (Wildman–Crippen LogP) is 3.04. The van der Waals surface area contributed by atoms with Gasteiger partial charge < -0.3 is 10.2 Å². The zero-order chi connectivity index (χ0) is 21.4. The van der Waals surface area contributed by atoms with Gasteiger partial charge in [-0.25, -0.2) is 9.97 Å². The summed E-state index contributed by atoms with van der Waals surface area (Å²) >= 11 is 0. The maximum Gasteiger partial charge on any atom is 2.00 e. The van der Waals surface area contributed by atoms with Gasteiger partial charge in [-0.1, -0.05) is 12.1 Å². The maximum absolute atomic E-state index is 11.8. The van der Waals surface area contributed by atoms with E-state index in [0.29, 0.717) is 45.3 Å². The van der Waals surface area contributed by atoms with Crippen LogP contribution in [0.3, 0.4) is 0 Å². The van der Waals surface area contributed by atoms with Crippen molar-refractivity contribution in [2.45, 2.75) is 27.7 Å². The van der Waals surface area contributed by atoms with Crippen LogP contribution in [0.4, 0.5) is 0 Å². The molecule has 31 heavy (non-hydrogen) atoms. The van der Waals surface area contributed by atoms with Crippen LogP contribution in [0.1, 0.15) is 39.1 Å². The van der Waals surface area contributed by atoms with Gasteiger partial charge in [-0.15, -0.1) is 0 Å². The number of aromatic nitrogens is 2. The second-order valence-electron chi connectivity index (χ2n) is 7.29. The molecule has 2 aromatic rings. The third-order valence-corrected chi connectivity index (χ3v) is 5.35. The van der Waals surface area contributed by atoms with E-state index in [0.717, 1.165) is 11.1 Å². The Bertz CT molecular complexity index is 1150. The molecule has 0 saturated carbocycles. The number of hydrogen-bond acceptors (Lipinski definition) is 6. The summed E-state index contributed by atoms with van der Waals surface area (Å²) < 4.78 is 0. The molecule has 0 fully saturated rings. The standard InChI is InChI=1S/C24H22N4O2.Cu/c1-13-15(3)23(29)27-21(13)11-17-7-5-9-19(25-17)20-10-6-8-18(26-20)12-22-14(2)16(4)24(30)28-22;/h5-12H,1-4H3,(H,27,29)(H,28,30);/q;+2/p-2/b21-11-,22-12-;. The first kappa shape index (κ1) is 22.4. The Morgan fingerprint density at radius 1 is 0.613 bits per heavy atom. The summed E-state index contributed by atoms with van der Waals surface area (Å²) in [6.07, 6.45) is 3.61. The fourth-order valence-corrected chi connectivity index (χ4v) is 3.17. The van der Waals surface area contributed by atoms with Crippen LogP contribution in [0.25, 0.3) is 23.5 Å². The largest absolute Gasteiger partial charge is 2.00 e. The van der Waals surface area contributed by atoms with E-state index in [1.54, 1.807) is 26.0 Å². The van der Waals surface area contributed by atoms with Gasteiger partial charge in [0.15, 0.2) is 0 Å². The van der Waals surface area contributed by atoms with Gasteiger partial charge in [0.1, 0.15) is 0 Å². The summed E-state index contributed by atoms with van der Waals surface area (Å²) in [6.45, 7) is 7.32. The van der Waals surface area contributed by atoms with Crippen LogP contribution in [0.2, 0.25) is 0 Å². The molecular weight excluding hydrogens is 440 g/mol. The second-order valence-corrected chi connectivity index (χ2v) is 7.29. The molecule has 0 spiro atoms. The summed E-state index contributed by atoms with van der Waals surface area (Å²) in [6, 6.07) is 11.3. The van der Waals surface area contributed by atoms with Gasteiger partial charge in [-0.05, 0) is 98.2 Å². The van der Waals surface area contributed by atoms with E-state index in [4.69, 9.17) is 0 Å². The van der Waals surface area contributed by atoms with Crippen molar-refractivity contribution < 1.29 is 27.3 Å². The molecule has 4 rings (SSSR count). The second kappa shape index (κ2) is 8.84. The summed E-state index contributed by atoms with van der Waals surface area (Å²) in [5.41, 5.74) is 7.14. The number of aliphatic imine (C=N–C) groups is 2. The number of nitrogens with zero attached hydrogens (tertiary/aromatic N) is 4. The van der Waals surface area contributed by atoms with Crippen LogP contribution in [-0.4, -0.2) is 21.8 Å². The van der Waals surface area contributed by atoms with Crippen molar-refractivity contribution in [3.63, 3.8) is 0 Å². The average Bonchev–Trinajstić information content (AvgIpc) is 3.12. The number of hydrogen-bond donors (Lipinski definition) is 0. The van der Waals surface area contributed by atoms with E-state index in [1.807, 2.05) is 50.2 Å². The number of rotatable bonds is 3. The summed E-state index contributed by atoms with van der Waals surface area (Å²) in [5, 5.41) is 23.6. The molecule has 0 unspecified atom stereocenters. The van der Waals surface area contributed by atoms with Crippen LogP contribution in [-0.2, 0) is 17.1 Å². The van der Waals surface area contributed by atoms with E-state index < -0.39 is 0 Å². The Labute approximate surface area is 191 Å². The Morgan fingerprint density at radius 2 is 1.00 bits per heavy atom. The van der Waals surface area contributed by atoms with Gasteiger partial charge in [0.2, 0.25) is 0 Å². The van der Waals surface area contributed by atoms with Crippen LogP contribution < -0.4 is 10.2 Å². The van der Waals surface area contributed by atoms with Gasteiger partial charge >= 0.3 is 17.1 Å². The molecule has 0 atom stereocenters. The van der Waals surface area contributed by atoms with Crippen molar-refractivity contribution in [2.75, 3.05) is 0 Å². The summed E-state index contributed by atoms with van der Waals surface area (Å²) in [5.74, 6) is -0.402. The third-order valence-electron chi connectivity index (χ3n) is 5.35. The van der Waals surface area contributed by atoms with Gasteiger partial charge in [-0.2, -0.15) is 0 Å². The predicted molar refractivity (Wildman–Crippen MR) is 115 cm³/mol. The van der Waals surface area contributed by atoms with Crippen molar-refractivity contribution in [1.82, 2.24) is 9.97 Å². The smallest absolute Gasteiger partial charge is 0.858 e. The zero-order valence-corrected chi connectivity index (χ0v) is 18.5. The van der Waals surface area contributed by atoms with Crippen LogP contribution in [0.5, 0.6) is 0 Å². The first-order valence-electron chi connectivity index (χ1n) is 9.59. The fourth-order valence-electron chi connectivity index (χ4n) is 3.17. The Hall–Kier alpha value is -3.28. The topological polar surface area (TPSA) is 96.6 Å². The summed E-state index contributed by atoms with van der Waals surface area (Å²) in [4.78, 5) is 17.5. The molecule has 1 radical (unpaired) electrons. The quantitative estimate of drug-likeness (QED) is 0.659. The first-order valence-corrected chi connectivity index (χ1v) is 9.59. The van der Waals surface area contributed by atoms with Crippen LogP contribution >= 0.6 is 0 Å². The van der Waals surface area contributed by atoms with E-state index in [1.165, 1.54) is 0 Å². The monoisotopic (exact) mass is 459 g/mol. The molecule has 4 heterocycles. The zero-order valence-electron chi connectivity index (χ0n) is 17.5. The van der Waals surface area contributed by atoms with E-state index >= 15 is 0 Å². The molecule has 2 aromatic heterocycles. The third kappa shape index (κ3) is 4.43. The number of allylic oxidation sites excluding steroid dienone is 2. The van der Waals surface area contributed by atoms with E-state index in [-0.39, 0.29) is 28.9 Å². The van der Waals surface area contributed by atoms with Crippen molar-refractivity contribution in [2.24, 2.45) is 9.98 Å². The molecule has 0 aromatic carbocycles. The van der Waals surface area contributed by atoms with Gasteiger partial charge in [0.05, 0.1) is 34.2 Å². The van der Waals surface area contributed by atoms with Crippen LogP contribution in [0.15, 0.2) is 80.1 Å². The molecular formula is C24H20CuN4O2. The number of pyridine rings is 2. The van der Waals surface area contributed by atoms with Gasteiger partial charge in [0, 0.05) is 0 Å². The van der Waals surface area contributed by atoms with Crippen LogP contribution in [0, 0.1) is 0 Å². The minimum absolute atomic E-state index is 0. The molecule has 6 nitrogen and oxygen atoms in total. The van der Waals surface area contributed by atoms with Crippen molar-refractivity contribution in [3.05, 3.63) is 81.5 Å². The molecule has 7 heteroatoms. The molecule has 0 amide bonds. The molecule has 0 saturated heterocycles. The normalized spacial score (nSPS) is 18.6. The van der Waals surface area contributed by atoms with E-state index in [9.17, 15) is 10.2 Å². The summed E-state index contributed by atoms with van der Waals surface area (Å²) in [7, 11) is 0. The van der Waals surface area contributed by atoms with Gasteiger partial charge in [-0.3, -0.25) is 9.98 Å². The van der Waals surface area contributed by atoms with Crippen molar-refractivity contribution in [3.8, 4) is 11.4 Å². The maximum atomic E-state index is 11.8. The Balaban J connectivity index is 0.00000272. The Kier molecular flexibility index (Phi) is 6.39. The molecule has 0 bridgehead atoms. The van der Waals surface area contributed by atoms with Gasteiger partial charge in [0.25, 0.3) is 0 Å². The molecule has 2 aliphatic heterocycles. The Morgan fingerprint density at radius 3 is 1.32 bits per heavy atom. The minimum Gasteiger partial charge on any atom is -0.858 e. The molecule has 0 aliphatic carbocycles. The minimum atomic E-state index is -0.201. The molecule has 159 valence electrons. The molecule has 0 N–H and O–H groups in total. The fraction of sp³-hybridized carbons (Fsp3) is 0.167. The SMILES string of the molecule is CC1=C(C)/C(=C/c2cccc(-c3cccc(/C=C4\N=C([O-])C(C)=C4C)n3)n2)N=C1[O-].[Cu+2]. The molecule has 2 aliphatic rings. The first-order chi connectivity index (χ1) is 14.3.